The van der Waals surface area contributed by atoms with Crippen LogP contribution in [0.5, 0.6) is 0 Å². The number of benzene rings is 1. The summed E-state index contributed by atoms with van der Waals surface area (Å²) in [7, 11) is 0. The van der Waals surface area contributed by atoms with E-state index in [0.29, 0.717) is 0 Å². The highest BCUT2D eigenvalue weighted by molar-refractivity contribution is 7.14. The molecule has 2 rings (SSSR count). The second kappa shape index (κ2) is 5.95. The van der Waals surface area contributed by atoms with Gasteiger partial charge in [0.15, 0.2) is 0 Å². The van der Waals surface area contributed by atoms with Crippen LogP contribution in [-0.2, 0) is 4.79 Å². The van der Waals surface area contributed by atoms with Gasteiger partial charge in [-0.3, -0.25) is 4.79 Å². The number of nitrogens with one attached hydrogen (secondary N) is 1. The van der Waals surface area contributed by atoms with E-state index < -0.39 is 0 Å². The van der Waals surface area contributed by atoms with Gasteiger partial charge in [-0.1, -0.05) is 37.3 Å². The van der Waals surface area contributed by atoms with Crippen LogP contribution in [0.2, 0.25) is 0 Å². The van der Waals surface area contributed by atoms with E-state index in [-0.39, 0.29) is 17.9 Å². The molecule has 100 valence electrons. The third-order valence-electron chi connectivity index (χ3n) is 3.05. The number of hydrogen-bond acceptors (Lipinski definition) is 4. The molecule has 19 heavy (non-hydrogen) atoms. The smallest absolute Gasteiger partial charge is 0.229 e. The summed E-state index contributed by atoms with van der Waals surface area (Å²) in [5, 5.41) is 3.67. The highest BCUT2D eigenvalue weighted by Crippen LogP contribution is 2.30. The lowest BCUT2D eigenvalue weighted by Gasteiger charge is -2.15. The highest BCUT2D eigenvalue weighted by atomic mass is 32.1. The maximum Gasteiger partial charge on any atom is 0.229 e. The molecule has 0 aliphatic rings. The first-order valence-corrected chi connectivity index (χ1v) is 7.03. The molecule has 0 aliphatic carbocycles. The van der Waals surface area contributed by atoms with Crippen molar-refractivity contribution in [3.05, 3.63) is 35.8 Å². The van der Waals surface area contributed by atoms with Crippen LogP contribution in [0.4, 0.5) is 5.00 Å². The molecule has 1 aromatic heterocycles. The zero-order valence-electron chi connectivity index (χ0n) is 11.0. The van der Waals surface area contributed by atoms with E-state index in [9.17, 15) is 4.79 Å². The maximum absolute atomic E-state index is 12.0. The van der Waals surface area contributed by atoms with E-state index in [1.165, 1.54) is 11.3 Å². The molecule has 2 aromatic rings. The largest absolute Gasteiger partial charge is 0.327 e. The fourth-order valence-electron chi connectivity index (χ4n) is 1.60. The van der Waals surface area contributed by atoms with Crippen LogP contribution in [0.15, 0.2) is 35.8 Å². The van der Waals surface area contributed by atoms with Gasteiger partial charge in [0.05, 0.1) is 11.4 Å². The van der Waals surface area contributed by atoms with E-state index in [4.69, 9.17) is 5.73 Å². The van der Waals surface area contributed by atoms with Gasteiger partial charge < -0.3 is 11.1 Å². The number of nitrogens with zero attached hydrogens (tertiary/aromatic N) is 1. The Labute approximate surface area is 116 Å². The lowest BCUT2D eigenvalue weighted by atomic mass is 10.0. The Bertz CT molecular complexity index is 551. The number of amides is 1. The van der Waals surface area contributed by atoms with Crippen molar-refractivity contribution in [2.45, 2.75) is 19.9 Å². The normalized spacial score (nSPS) is 13.8. The summed E-state index contributed by atoms with van der Waals surface area (Å²) in [6, 6.07) is 9.62. The second-order valence-corrected chi connectivity index (χ2v) is 5.39. The van der Waals surface area contributed by atoms with Crippen molar-refractivity contribution in [3.63, 3.8) is 0 Å². The Hall–Kier alpha value is -1.72. The molecule has 2 unspecified atom stereocenters. The van der Waals surface area contributed by atoms with E-state index >= 15 is 0 Å². The number of carbonyl (C=O) groups is 1. The van der Waals surface area contributed by atoms with Gasteiger partial charge in [-0.25, -0.2) is 4.98 Å². The van der Waals surface area contributed by atoms with Crippen LogP contribution in [-0.4, -0.2) is 16.9 Å². The molecule has 1 amide bonds. The number of nitrogens with two attached hydrogens (primary N) is 1. The monoisotopic (exact) mass is 275 g/mol. The summed E-state index contributed by atoms with van der Waals surface area (Å²) in [5.41, 5.74) is 9.27. The van der Waals surface area contributed by atoms with E-state index in [2.05, 4.69) is 10.3 Å². The lowest BCUT2D eigenvalue weighted by molar-refractivity contribution is -0.119. The molecule has 1 aromatic carbocycles. The minimum absolute atomic E-state index is 0.0727. The topological polar surface area (TPSA) is 68.0 Å². The number of aromatic nitrogens is 1. The standard InChI is InChI=1S/C14H17N3OS/c1-9(10(2)15)13(18)17-14-12(16-8-19-14)11-6-4-3-5-7-11/h3-10H,15H2,1-2H3,(H,17,18). The Morgan fingerprint density at radius 1 is 1.32 bits per heavy atom. The summed E-state index contributed by atoms with van der Waals surface area (Å²) in [5.74, 6) is -0.304. The van der Waals surface area contributed by atoms with Gasteiger partial charge >= 0.3 is 0 Å². The first-order chi connectivity index (χ1) is 9.09. The van der Waals surface area contributed by atoms with Crippen molar-refractivity contribution in [2.75, 3.05) is 5.32 Å². The number of carbonyl (C=O) groups excluding carboxylic acids is 1. The molecule has 0 aliphatic heterocycles. The van der Waals surface area contributed by atoms with Crippen molar-refractivity contribution in [2.24, 2.45) is 11.7 Å². The zero-order chi connectivity index (χ0) is 13.8. The molecule has 1 heterocycles. The fourth-order valence-corrected chi connectivity index (χ4v) is 2.31. The molecule has 5 heteroatoms. The Morgan fingerprint density at radius 2 is 2.00 bits per heavy atom. The molecule has 4 nitrogen and oxygen atoms in total. The maximum atomic E-state index is 12.0. The van der Waals surface area contributed by atoms with Crippen LogP contribution < -0.4 is 11.1 Å². The predicted octanol–water partition coefficient (Wildman–Crippen LogP) is 2.73. The summed E-state index contributed by atoms with van der Waals surface area (Å²) in [6.45, 7) is 3.65. The molecular weight excluding hydrogens is 258 g/mol. The van der Waals surface area contributed by atoms with Gasteiger partial charge in [0.1, 0.15) is 10.7 Å². The van der Waals surface area contributed by atoms with Gasteiger partial charge in [-0.05, 0) is 6.92 Å². The third-order valence-corrected chi connectivity index (χ3v) is 3.80. The summed E-state index contributed by atoms with van der Waals surface area (Å²) in [6.07, 6.45) is 0. The van der Waals surface area contributed by atoms with Crippen molar-refractivity contribution < 1.29 is 4.79 Å². The quantitative estimate of drug-likeness (QED) is 0.901. The SMILES string of the molecule is CC(N)C(C)C(=O)Nc1scnc1-c1ccccc1. The predicted molar refractivity (Wildman–Crippen MR) is 79.0 cm³/mol. The third kappa shape index (κ3) is 3.19. The summed E-state index contributed by atoms with van der Waals surface area (Å²) >= 11 is 1.42. The van der Waals surface area contributed by atoms with Crippen molar-refractivity contribution in [1.82, 2.24) is 4.98 Å². The van der Waals surface area contributed by atoms with Crippen LogP contribution >= 0.6 is 11.3 Å². The molecule has 0 bridgehead atoms. The average Bonchev–Trinajstić information content (AvgIpc) is 2.86. The van der Waals surface area contributed by atoms with E-state index in [0.717, 1.165) is 16.3 Å². The first kappa shape index (κ1) is 13.7. The average molecular weight is 275 g/mol. The number of hydrogen-bond donors (Lipinski definition) is 2. The molecule has 3 N–H and O–H groups in total. The van der Waals surface area contributed by atoms with Crippen LogP contribution in [0.25, 0.3) is 11.3 Å². The van der Waals surface area contributed by atoms with Gasteiger partial charge in [-0.2, -0.15) is 0 Å². The molecule has 0 radical (unpaired) electrons. The van der Waals surface area contributed by atoms with E-state index in [1.54, 1.807) is 5.51 Å². The van der Waals surface area contributed by atoms with Gasteiger partial charge in [0, 0.05) is 11.6 Å². The Kier molecular flexibility index (Phi) is 4.29. The fraction of sp³-hybridized carbons (Fsp3) is 0.286. The molecular formula is C14H17N3OS. The van der Waals surface area contributed by atoms with Crippen molar-refractivity contribution in [1.29, 1.82) is 0 Å². The number of rotatable bonds is 4. The first-order valence-electron chi connectivity index (χ1n) is 6.15. The molecule has 0 fully saturated rings. The minimum atomic E-state index is -0.231. The molecule has 2 atom stereocenters. The van der Waals surface area contributed by atoms with Gasteiger partial charge in [0.25, 0.3) is 0 Å². The zero-order valence-corrected chi connectivity index (χ0v) is 11.8. The second-order valence-electron chi connectivity index (χ2n) is 4.53. The highest BCUT2D eigenvalue weighted by Gasteiger charge is 2.19. The van der Waals surface area contributed by atoms with Gasteiger partial charge in [0.2, 0.25) is 5.91 Å². The summed E-state index contributed by atoms with van der Waals surface area (Å²) < 4.78 is 0. The Morgan fingerprint density at radius 3 is 2.63 bits per heavy atom. The summed E-state index contributed by atoms with van der Waals surface area (Å²) in [4.78, 5) is 16.3. The van der Waals surface area contributed by atoms with Gasteiger partial charge in [-0.15, -0.1) is 11.3 Å². The Balaban J connectivity index is 2.20. The van der Waals surface area contributed by atoms with Crippen molar-refractivity contribution in [3.8, 4) is 11.3 Å². The molecule has 0 saturated carbocycles. The van der Waals surface area contributed by atoms with Crippen LogP contribution in [0.1, 0.15) is 13.8 Å². The van der Waals surface area contributed by atoms with Crippen molar-refractivity contribution >= 4 is 22.2 Å². The van der Waals surface area contributed by atoms with Crippen LogP contribution in [0, 0.1) is 5.92 Å². The molecule has 0 spiro atoms. The minimum Gasteiger partial charge on any atom is -0.327 e. The van der Waals surface area contributed by atoms with Crippen LogP contribution in [0.3, 0.4) is 0 Å². The lowest BCUT2D eigenvalue weighted by Crippen LogP contribution is -2.34. The number of thiazole rings is 1. The number of anilines is 1. The van der Waals surface area contributed by atoms with E-state index in [1.807, 2.05) is 44.2 Å². The molecule has 0 saturated heterocycles.